The van der Waals surface area contributed by atoms with E-state index in [2.05, 4.69) is 15.5 Å². The van der Waals surface area contributed by atoms with Crippen LogP contribution in [-0.4, -0.2) is 16.0 Å². The molecule has 0 atom stereocenters. The number of carbonyl (C=O) groups excluding carboxylic acids is 1. The molecule has 1 amide bonds. The van der Waals surface area contributed by atoms with Crippen LogP contribution in [-0.2, 0) is 6.54 Å². The number of benzene rings is 1. The fourth-order valence-corrected chi connectivity index (χ4v) is 2.01. The number of aromatic nitrogens is 2. The number of nitrogens with zero attached hydrogens (tertiary/aromatic N) is 2. The van der Waals surface area contributed by atoms with Gasteiger partial charge >= 0.3 is 0 Å². The van der Waals surface area contributed by atoms with Gasteiger partial charge in [-0.1, -0.05) is 35.0 Å². The smallest absolute Gasteiger partial charge is 0.273 e. The Hall–Kier alpha value is -2.95. The van der Waals surface area contributed by atoms with E-state index in [0.717, 1.165) is 11.1 Å². The number of rotatable bonds is 4. The lowest BCUT2D eigenvalue weighted by Gasteiger charge is -2.01. The summed E-state index contributed by atoms with van der Waals surface area (Å²) in [6.45, 7) is 2.44. The highest BCUT2D eigenvalue weighted by Crippen LogP contribution is 2.20. The molecule has 5 heteroatoms. The van der Waals surface area contributed by atoms with Crippen LogP contribution in [0, 0.1) is 6.92 Å². The number of hydrogen-bond donors (Lipinski definition) is 1. The van der Waals surface area contributed by atoms with E-state index in [1.807, 2.05) is 43.3 Å². The minimum atomic E-state index is -0.265. The predicted octanol–water partition coefficient (Wildman–Crippen LogP) is 2.98. The van der Waals surface area contributed by atoms with Gasteiger partial charge in [-0.25, -0.2) is 0 Å². The van der Waals surface area contributed by atoms with Crippen LogP contribution in [0.4, 0.5) is 0 Å². The van der Waals surface area contributed by atoms with Crippen molar-refractivity contribution < 1.29 is 9.32 Å². The zero-order valence-electron chi connectivity index (χ0n) is 12.1. The van der Waals surface area contributed by atoms with E-state index in [4.69, 9.17) is 4.52 Å². The molecule has 3 rings (SSSR count). The van der Waals surface area contributed by atoms with E-state index in [-0.39, 0.29) is 11.6 Å². The van der Waals surface area contributed by atoms with Gasteiger partial charge in [-0.3, -0.25) is 9.78 Å². The molecule has 110 valence electrons. The van der Waals surface area contributed by atoms with Crippen molar-refractivity contribution in [3.05, 3.63) is 71.7 Å². The van der Waals surface area contributed by atoms with E-state index in [0.29, 0.717) is 12.3 Å². The van der Waals surface area contributed by atoms with E-state index in [1.54, 1.807) is 18.5 Å². The first kappa shape index (κ1) is 14.0. The van der Waals surface area contributed by atoms with Crippen LogP contribution >= 0.6 is 0 Å². The molecule has 0 saturated heterocycles. The SMILES string of the molecule is Cc1ccc(-c2cc(C(=O)NCc3ccncc3)no2)cc1. The highest BCUT2D eigenvalue weighted by molar-refractivity contribution is 5.93. The summed E-state index contributed by atoms with van der Waals surface area (Å²) in [4.78, 5) is 16.0. The van der Waals surface area contributed by atoms with Crippen LogP contribution in [0.15, 0.2) is 59.4 Å². The van der Waals surface area contributed by atoms with Gasteiger partial charge in [-0.2, -0.15) is 0 Å². The fourth-order valence-electron chi connectivity index (χ4n) is 2.01. The number of nitrogens with one attached hydrogen (secondary N) is 1. The van der Waals surface area contributed by atoms with Crippen molar-refractivity contribution >= 4 is 5.91 Å². The van der Waals surface area contributed by atoms with Gasteiger partial charge in [0.2, 0.25) is 0 Å². The molecule has 0 bridgehead atoms. The maximum absolute atomic E-state index is 12.1. The van der Waals surface area contributed by atoms with Crippen molar-refractivity contribution in [1.82, 2.24) is 15.5 Å². The van der Waals surface area contributed by atoms with E-state index >= 15 is 0 Å². The summed E-state index contributed by atoms with van der Waals surface area (Å²) < 4.78 is 5.24. The Balaban J connectivity index is 1.68. The molecule has 0 aliphatic carbocycles. The molecule has 5 nitrogen and oxygen atoms in total. The number of carbonyl (C=O) groups is 1. The molecule has 0 unspecified atom stereocenters. The Morgan fingerprint density at radius 3 is 2.59 bits per heavy atom. The van der Waals surface area contributed by atoms with Crippen LogP contribution in [0.5, 0.6) is 0 Å². The molecule has 1 aromatic carbocycles. The third kappa shape index (κ3) is 3.20. The summed E-state index contributed by atoms with van der Waals surface area (Å²) in [7, 11) is 0. The third-order valence-corrected chi connectivity index (χ3v) is 3.28. The summed E-state index contributed by atoms with van der Waals surface area (Å²) in [6.07, 6.45) is 3.38. The molecular weight excluding hydrogens is 278 g/mol. The summed E-state index contributed by atoms with van der Waals surface area (Å²) >= 11 is 0. The molecule has 0 spiro atoms. The molecule has 0 aliphatic heterocycles. The third-order valence-electron chi connectivity index (χ3n) is 3.28. The Morgan fingerprint density at radius 2 is 1.86 bits per heavy atom. The van der Waals surface area contributed by atoms with Crippen molar-refractivity contribution in [2.45, 2.75) is 13.5 Å². The molecule has 22 heavy (non-hydrogen) atoms. The zero-order chi connectivity index (χ0) is 15.4. The van der Waals surface area contributed by atoms with Gasteiger partial charge in [0, 0.05) is 30.6 Å². The summed E-state index contributed by atoms with van der Waals surface area (Å²) in [6, 6.07) is 13.2. The van der Waals surface area contributed by atoms with Crippen LogP contribution in [0.2, 0.25) is 0 Å². The lowest BCUT2D eigenvalue weighted by Crippen LogP contribution is -2.22. The average Bonchev–Trinajstić information content (AvgIpc) is 3.04. The second-order valence-electron chi connectivity index (χ2n) is 4.98. The Kier molecular flexibility index (Phi) is 3.96. The number of amides is 1. The lowest BCUT2D eigenvalue weighted by atomic mass is 10.1. The van der Waals surface area contributed by atoms with E-state index in [1.165, 1.54) is 5.56 Å². The number of aryl methyl sites for hydroxylation is 1. The lowest BCUT2D eigenvalue weighted by molar-refractivity contribution is 0.0942. The fraction of sp³-hybridized carbons (Fsp3) is 0.118. The second-order valence-corrected chi connectivity index (χ2v) is 4.98. The standard InChI is InChI=1S/C17H15N3O2/c1-12-2-4-14(5-3-12)16-10-15(20-22-16)17(21)19-11-13-6-8-18-9-7-13/h2-10H,11H2,1H3,(H,19,21). The number of pyridine rings is 1. The van der Waals surface area contributed by atoms with Gasteiger partial charge in [0.05, 0.1) is 0 Å². The molecule has 2 aromatic heterocycles. The van der Waals surface area contributed by atoms with Crippen LogP contribution in [0.25, 0.3) is 11.3 Å². The van der Waals surface area contributed by atoms with Gasteiger partial charge in [-0.05, 0) is 24.6 Å². The normalized spacial score (nSPS) is 10.4. The quantitative estimate of drug-likeness (QED) is 0.803. The first-order chi connectivity index (χ1) is 10.7. The van der Waals surface area contributed by atoms with Crippen LogP contribution < -0.4 is 5.32 Å². The maximum Gasteiger partial charge on any atom is 0.273 e. The van der Waals surface area contributed by atoms with Crippen LogP contribution in [0.3, 0.4) is 0 Å². The zero-order valence-corrected chi connectivity index (χ0v) is 12.1. The molecule has 2 heterocycles. The number of hydrogen-bond acceptors (Lipinski definition) is 4. The highest BCUT2D eigenvalue weighted by atomic mass is 16.5. The molecule has 0 aliphatic rings. The van der Waals surface area contributed by atoms with Crippen molar-refractivity contribution in [3.8, 4) is 11.3 Å². The minimum absolute atomic E-state index is 0.265. The first-order valence-corrected chi connectivity index (χ1v) is 6.93. The molecular formula is C17H15N3O2. The van der Waals surface area contributed by atoms with Crippen molar-refractivity contribution in [2.24, 2.45) is 0 Å². The maximum atomic E-state index is 12.1. The van der Waals surface area contributed by atoms with Crippen molar-refractivity contribution in [2.75, 3.05) is 0 Å². The average molecular weight is 293 g/mol. The van der Waals surface area contributed by atoms with Crippen molar-refractivity contribution in [3.63, 3.8) is 0 Å². The summed E-state index contributed by atoms with van der Waals surface area (Å²) in [5.41, 5.74) is 3.31. The van der Waals surface area contributed by atoms with Gasteiger partial charge in [0.1, 0.15) is 0 Å². The Labute approximate surface area is 128 Å². The monoisotopic (exact) mass is 293 g/mol. The largest absolute Gasteiger partial charge is 0.355 e. The topological polar surface area (TPSA) is 68.0 Å². The predicted molar refractivity (Wildman–Crippen MR) is 82.1 cm³/mol. The highest BCUT2D eigenvalue weighted by Gasteiger charge is 2.13. The molecule has 1 N–H and O–H groups in total. The Bertz CT molecular complexity index is 764. The summed E-state index contributed by atoms with van der Waals surface area (Å²) in [5, 5.41) is 6.63. The molecule has 0 radical (unpaired) electrons. The van der Waals surface area contributed by atoms with E-state index in [9.17, 15) is 4.79 Å². The minimum Gasteiger partial charge on any atom is -0.355 e. The van der Waals surface area contributed by atoms with E-state index < -0.39 is 0 Å². The molecule has 0 fully saturated rings. The van der Waals surface area contributed by atoms with Crippen molar-refractivity contribution in [1.29, 1.82) is 0 Å². The second kappa shape index (κ2) is 6.22. The van der Waals surface area contributed by atoms with Gasteiger partial charge in [-0.15, -0.1) is 0 Å². The Morgan fingerprint density at radius 1 is 1.14 bits per heavy atom. The molecule has 0 saturated carbocycles. The molecule has 3 aromatic rings. The van der Waals surface area contributed by atoms with Gasteiger partial charge in [0.25, 0.3) is 5.91 Å². The summed E-state index contributed by atoms with van der Waals surface area (Å²) in [5.74, 6) is 0.313. The van der Waals surface area contributed by atoms with Crippen LogP contribution in [0.1, 0.15) is 21.6 Å². The van der Waals surface area contributed by atoms with Gasteiger partial charge in [0.15, 0.2) is 11.5 Å². The first-order valence-electron chi connectivity index (χ1n) is 6.93. The van der Waals surface area contributed by atoms with Gasteiger partial charge < -0.3 is 9.84 Å².